The number of para-hydroxylation sites is 1. The van der Waals surface area contributed by atoms with Gasteiger partial charge >= 0.3 is 0 Å². The summed E-state index contributed by atoms with van der Waals surface area (Å²) < 4.78 is 0. The normalized spacial score (nSPS) is 13.5. The van der Waals surface area contributed by atoms with Crippen molar-refractivity contribution in [2.45, 2.75) is 26.3 Å². The lowest BCUT2D eigenvalue weighted by molar-refractivity contribution is 0.251. The molecule has 1 aromatic rings. The molecule has 0 unspecified atom stereocenters. The fourth-order valence-electron chi connectivity index (χ4n) is 1.51. The first kappa shape index (κ1) is 12.7. The van der Waals surface area contributed by atoms with E-state index in [1.54, 1.807) is 24.4 Å². The van der Waals surface area contributed by atoms with Crippen LogP contribution in [0, 0.1) is 5.92 Å². The highest BCUT2D eigenvalue weighted by Crippen LogP contribution is 2.14. The Morgan fingerprint density at radius 1 is 1.31 bits per heavy atom. The number of hydrogen-bond donors (Lipinski definition) is 2. The number of aliphatic hydroxyl groups excluding tert-OH is 1. The molecule has 0 aliphatic heterocycles. The van der Waals surface area contributed by atoms with Gasteiger partial charge in [-0.1, -0.05) is 26.0 Å². The number of benzene rings is 1. The van der Waals surface area contributed by atoms with Crippen LogP contribution in [0.3, 0.4) is 0 Å². The second kappa shape index (κ2) is 6.28. The lowest BCUT2D eigenvalue weighted by atomic mass is 10.1. The number of phenols is 1. The van der Waals surface area contributed by atoms with E-state index in [2.05, 4.69) is 18.8 Å². The molecule has 0 heterocycles. The molecule has 0 fully saturated rings. The van der Waals surface area contributed by atoms with Gasteiger partial charge in [0.25, 0.3) is 0 Å². The molecule has 1 aromatic carbocycles. The zero-order chi connectivity index (χ0) is 12.0. The van der Waals surface area contributed by atoms with Crippen LogP contribution in [0.5, 0.6) is 5.75 Å². The maximum absolute atomic E-state index is 9.52. The maximum Gasteiger partial charge on any atom is 0.124 e. The minimum Gasteiger partial charge on any atom is -0.507 e. The number of aromatic hydroxyl groups is 1. The van der Waals surface area contributed by atoms with Crippen LogP contribution in [0.25, 0.3) is 0 Å². The number of nitrogens with zero attached hydrogens (tertiary/aromatic N) is 1. The van der Waals surface area contributed by atoms with Crippen LogP contribution in [0.2, 0.25) is 0 Å². The predicted octanol–water partition coefficient (Wildman–Crippen LogP) is 2.22. The zero-order valence-electron chi connectivity index (χ0n) is 9.80. The molecule has 0 bridgehead atoms. The van der Waals surface area contributed by atoms with Crippen molar-refractivity contribution in [1.29, 1.82) is 0 Å². The average molecular weight is 221 g/mol. The first-order valence-electron chi connectivity index (χ1n) is 5.55. The Morgan fingerprint density at radius 3 is 2.56 bits per heavy atom. The quantitative estimate of drug-likeness (QED) is 0.749. The third-order valence-electron chi connectivity index (χ3n) is 2.32. The number of aliphatic hydroxyl groups is 1. The van der Waals surface area contributed by atoms with Crippen LogP contribution < -0.4 is 0 Å². The van der Waals surface area contributed by atoms with Gasteiger partial charge < -0.3 is 10.2 Å². The monoisotopic (exact) mass is 221 g/mol. The molecule has 3 nitrogen and oxygen atoms in total. The zero-order valence-corrected chi connectivity index (χ0v) is 9.80. The Bertz CT molecular complexity index is 348. The molecule has 0 amide bonds. The summed E-state index contributed by atoms with van der Waals surface area (Å²) in [6.45, 7) is 4.23. The lowest BCUT2D eigenvalue weighted by Gasteiger charge is -2.11. The van der Waals surface area contributed by atoms with Gasteiger partial charge in [-0.05, 0) is 24.5 Å². The summed E-state index contributed by atoms with van der Waals surface area (Å²) >= 11 is 0. The smallest absolute Gasteiger partial charge is 0.124 e. The van der Waals surface area contributed by atoms with Crippen LogP contribution in [-0.4, -0.2) is 29.1 Å². The van der Waals surface area contributed by atoms with Crippen molar-refractivity contribution in [2.24, 2.45) is 10.9 Å². The standard InChI is InChI=1S/C13H19NO2/c1-10(2)7-12(9-15)14-8-11-5-3-4-6-13(11)16/h3-6,8,10,12,15-16H,7,9H2,1-2H3/b14-8+/t12-/m1/s1. The minimum atomic E-state index is -0.0837. The van der Waals surface area contributed by atoms with Crippen LogP contribution in [-0.2, 0) is 0 Å². The molecular weight excluding hydrogens is 202 g/mol. The molecule has 16 heavy (non-hydrogen) atoms. The number of phenolic OH excluding ortho intramolecular Hbond substituents is 1. The number of hydrogen-bond acceptors (Lipinski definition) is 3. The molecule has 0 aliphatic rings. The fraction of sp³-hybridized carbons (Fsp3) is 0.462. The van der Waals surface area contributed by atoms with Crippen LogP contribution in [0.1, 0.15) is 25.8 Å². The van der Waals surface area contributed by atoms with E-state index in [-0.39, 0.29) is 18.4 Å². The summed E-state index contributed by atoms with van der Waals surface area (Å²) in [4.78, 5) is 4.28. The van der Waals surface area contributed by atoms with Crippen LogP contribution in [0.15, 0.2) is 29.3 Å². The van der Waals surface area contributed by atoms with E-state index in [0.717, 1.165) is 6.42 Å². The van der Waals surface area contributed by atoms with Crippen molar-refractivity contribution in [3.05, 3.63) is 29.8 Å². The van der Waals surface area contributed by atoms with E-state index in [1.165, 1.54) is 0 Å². The molecule has 0 aliphatic carbocycles. The third-order valence-corrected chi connectivity index (χ3v) is 2.32. The first-order valence-corrected chi connectivity index (χ1v) is 5.55. The van der Waals surface area contributed by atoms with Crippen molar-refractivity contribution in [2.75, 3.05) is 6.61 Å². The third kappa shape index (κ3) is 4.03. The van der Waals surface area contributed by atoms with Gasteiger partial charge in [0.2, 0.25) is 0 Å². The topological polar surface area (TPSA) is 52.8 Å². The van der Waals surface area contributed by atoms with Gasteiger partial charge in [-0.3, -0.25) is 4.99 Å². The molecular formula is C13H19NO2. The Kier molecular flexibility index (Phi) is 4.99. The molecule has 88 valence electrons. The van der Waals surface area contributed by atoms with Gasteiger partial charge in [-0.25, -0.2) is 0 Å². The molecule has 0 saturated heterocycles. The van der Waals surface area contributed by atoms with E-state index in [1.807, 2.05) is 6.07 Å². The van der Waals surface area contributed by atoms with Crippen LogP contribution >= 0.6 is 0 Å². The van der Waals surface area contributed by atoms with E-state index >= 15 is 0 Å². The SMILES string of the molecule is CC(C)C[C@H](CO)/N=C/c1ccccc1O. The summed E-state index contributed by atoms with van der Waals surface area (Å²) in [6.07, 6.45) is 2.47. The van der Waals surface area contributed by atoms with Crippen molar-refractivity contribution in [1.82, 2.24) is 0 Å². The minimum absolute atomic E-state index is 0.0439. The second-order valence-electron chi connectivity index (χ2n) is 4.30. The summed E-state index contributed by atoms with van der Waals surface area (Å²) in [7, 11) is 0. The van der Waals surface area contributed by atoms with Gasteiger partial charge in [0.15, 0.2) is 0 Å². The summed E-state index contributed by atoms with van der Waals surface area (Å²) in [6, 6.07) is 6.95. The second-order valence-corrected chi connectivity index (χ2v) is 4.30. The van der Waals surface area contributed by atoms with Gasteiger partial charge in [0.1, 0.15) is 5.75 Å². The molecule has 2 N–H and O–H groups in total. The molecule has 0 spiro atoms. The van der Waals surface area contributed by atoms with Crippen molar-refractivity contribution >= 4 is 6.21 Å². The van der Waals surface area contributed by atoms with Gasteiger partial charge in [-0.15, -0.1) is 0 Å². The van der Waals surface area contributed by atoms with Crippen LogP contribution in [0.4, 0.5) is 0 Å². The van der Waals surface area contributed by atoms with Crippen molar-refractivity contribution in [3.8, 4) is 5.75 Å². The summed E-state index contributed by atoms with van der Waals surface area (Å²) in [5, 5.41) is 18.7. The summed E-state index contributed by atoms with van der Waals surface area (Å²) in [5.74, 6) is 0.714. The highest BCUT2D eigenvalue weighted by atomic mass is 16.3. The molecule has 0 saturated carbocycles. The van der Waals surface area contributed by atoms with Gasteiger partial charge in [-0.2, -0.15) is 0 Å². The van der Waals surface area contributed by atoms with E-state index in [9.17, 15) is 5.11 Å². The van der Waals surface area contributed by atoms with E-state index in [4.69, 9.17) is 5.11 Å². The molecule has 3 heteroatoms. The summed E-state index contributed by atoms with van der Waals surface area (Å²) in [5.41, 5.74) is 0.685. The van der Waals surface area contributed by atoms with Crippen molar-refractivity contribution in [3.63, 3.8) is 0 Å². The molecule has 1 atom stereocenters. The number of rotatable bonds is 5. The fourth-order valence-corrected chi connectivity index (χ4v) is 1.51. The predicted molar refractivity (Wildman–Crippen MR) is 66.0 cm³/mol. The molecule has 1 rings (SSSR count). The first-order chi connectivity index (χ1) is 7.63. The lowest BCUT2D eigenvalue weighted by Crippen LogP contribution is -2.13. The number of aliphatic imine (C=N–C) groups is 1. The molecule has 0 aromatic heterocycles. The van der Waals surface area contributed by atoms with E-state index in [0.29, 0.717) is 11.5 Å². The highest BCUT2D eigenvalue weighted by molar-refractivity contribution is 5.83. The average Bonchev–Trinajstić information content (AvgIpc) is 2.25. The van der Waals surface area contributed by atoms with Gasteiger partial charge in [0.05, 0.1) is 12.6 Å². The largest absolute Gasteiger partial charge is 0.507 e. The highest BCUT2D eigenvalue weighted by Gasteiger charge is 2.07. The van der Waals surface area contributed by atoms with Crippen molar-refractivity contribution < 1.29 is 10.2 Å². The Labute approximate surface area is 96.5 Å². The van der Waals surface area contributed by atoms with E-state index < -0.39 is 0 Å². The maximum atomic E-state index is 9.52. The molecule has 0 radical (unpaired) electrons. The Hall–Kier alpha value is -1.35. The van der Waals surface area contributed by atoms with Gasteiger partial charge in [0, 0.05) is 11.8 Å². The Balaban J connectivity index is 2.67. The Morgan fingerprint density at radius 2 is 2.00 bits per heavy atom.